The molecule has 0 aliphatic rings. The molecule has 0 saturated carbocycles. The fraction of sp³-hybridized carbons (Fsp3) is 0.875. The number of alkyl halides is 3. The Balaban J connectivity index is 3.98. The van der Waals surface area contributed by atoms with Crippen molar-refractivity contribution in [1.29, 1.82) is 0 Å². The third-order valence-corrected chi connectivity index (χ3v) is 1.75. The van der Waals surface area contributed by atoms with Crippen molar-refractivity contribution in [1.82, 2.24) is 10.5 Å². The minimum absolute atomic E-state index is 0.00609. The molecular formula is C8H16F3N3O2. The summed E-state index contributed by atoms with van der Waals surface area (Å²) in [5.74, 6) is 4.02. The van der Waals surface area contributed by atoms with Gasteiger partial charge < -0.3 is 4.84 Å². The van der Waals surface area contributed by atoms with E-state index in [-0.39, 0.29) is 19.5 Å². The van der Waals surface area contributed by atoms with Crippen LogP contribution in [0.25, 0.3) is 0 Å². The molecule has 8 heteroatoms. The van der Waals surface area contributed by atoms with Crippen molar-refractivity contribution < 1.29 is 22.8 Å². The number of halogens is 3. The van der Waals surface area contributed by atoms with Gasteiger partial charge >= 0.3 is 12.1 Å². The van der Waals surface area contributed by atoms with Gasteiger partial charge in [-0.05, 0) is 13.0 Å². The number of nitrogens with two attached hydrogens (primary N) is 1. The second-order valence-electron chi connectivity index (χ2n) is 3.23. The second-order valence-corrected chi connectivity index (χ2v) is 3.23. The highest BCUT2D eigenvalue weighted by molar-refractivity contribution is 5.69. The van der Waals surface area contributed by atoms with Crippen LogP contribution >= 0.6 is 0 Å². The summed E-state index contributed by atoms with van der Waals surface area (Å²) < 4.78 is 36.3. The van der Waals surface area contributed by atoms with E-state index < -0.39 is 18.7 Å². The highest BCUT2D eigenvalue weighted by Gasteiger charge is 2.30. The van der Waals surface area contributed by atoms with E-state index in [2.05, 4.69) is 4.84 Å². The Labute approximate surface area is 91.6 Å². The Bertz CT molecular complexity index is 211. The lowest BCUT2D eigenvalue weighted by Gasteiger charge is -2.22. The van der Waals surface area contributed by atoms with Gasteiger partial charge in [0.15, 0.2) is 0 Å². The van der Waals surface area contributed by atoms with Crippen LogP contribution in [0.3, 0.4) is 0 Å². The van der Waals surface area contributed by atoms with Gasteiger partial charge in [-0.1, -0.05) is 12.5 Å². The van der Waals surface area contributed by atoms with Crippen LogP contribution < -0.4 is 11.4 Å². The van der Waals surface area contributed by atoms with E-state index in [0.717, 1.165) is 4.90 Å². The summed E-state index contributed by atoms with van der Waals surface area (Å²) in [4.78, 5) is 16.2. The summed E-state index contributed by atoms with van der Waals surface area (Å²) >= 11 is 0. The Kier molecular flexibility index (Phi) is 7.02. The van der Waals surface area contributed by atoms with Gasteiger partial charge in [-0.2, -0.15) is 13.2 Å². The Hall–Kier alpha value is -0.860. The highest BCUT2D eigenvalue weighted by Crippen LogP contribution is 2.16. The first-order chi connectivity index (χ1) is 7.39. The molecule has 0 aliphatic carbocycles. The number of hydrogen-bond donors (Lipinski definition) is 2. The lowest BCUT2D eigenvalue weighted by molar-refractivity contribution is -0.156. The largest absolute Gasteiger partial charge is 0.401 e. The molecule has 0 aromatic carbocycles. The second kappa shape index (κ2) is 7.42. The van der Waals surface area contributed by atoms with E-state index in [1.54, 1.807) is 12.5 Å². The van der Waals surface area contributed by atoms with Crippen LogP contribution in [0.4, 0.5) is 13.2 Å². The number of nitrogens with one attached hydrogen (secondary N) is 1. The molecule has 0 aromatic heterocycles. The molecule has 0 atom stereocenters. The van der Waals surface area contributed by atoms with Crippen LogP contribution in [0.2, 0.25) is 0 Å². The van der Waals surface area contributed by atoms with Crippen LogP contribution in [0, 0.1) is 0 Å². The molecule has 0 bridgehead atoms. The fourth-order valence-corrected chi connectivity index (χ4v) is 1.21. The van der Waals surface area contributed by atoms with Gasteiger partial charge in [-0.3, -0.25) is 9.69 Å². The molecule has 3 N–H and O–H groups in total. The van der Waals surface area contributed by atoms with Crippen molar-refractivity contribution in [2.24, 2.45) is 5.84 Å². The molecule has 5 nitrogen and oxygen atoms in total. The Morgan fingerprint density at radius 1 is 1.44 bits per heavy atom. The first kappa shape index (κ1) is 15.1. The molecule has 0 saturated heterocycles. The van der Waals surface area contributed by atoms with E-state index >= 15 is 0 Å². The van der Waals surface area contributed by atoms with E-state index in [9.17, 15) is 18.0 Å². The summed E-state index contributed by atoms with van der Waals surface area (Å²) in [6, 6.07) is 0. The molecule has 0 rings (SSSR count). The third kappa shape index (κ3) is 8.45. The van der Waals surface area contributed by atoms with Crippen LogP contribution in [0.15, 0.2) is 0 Å². The van der Waals surface area contributed by atoms with Crippen LogP contribution in [-0.2, 0) is 9.63 Å². The van der Waals surface area contributed by atoms with E-state index in [0.29, 0.717) is 6.42 Å². The summed E-state index contributed by atoms with van der Waals surface area (Å²) in [7, 11) is 0. The van der Waals surface area contributed by atoms with Gasteiger partial charge in [0, 0.05) is 6.54 Å². The summed E-state index contributed by atoms with van der Waals surface area (Å²) in [5, 5.41) is 0. The Morgan fingerprint density at radius 3 is 2.50 bits per heavy atom. The Morgan fingerprint density at radius 2 is 2.06 bits per heavy atom. The zero-order chi connectivity index (χ0) is 12.6. The van der Waals surface area contributed by atoms with Crippen molar-refractivity contribution in [2.75, 3.05) is 19.6 Å². The number of carbonyl (C=O) groups is 1. The molecule has 0 heterocycles. The van der Waals surface area contributed by atoms with Crippen molar-refractivity contribution in [2.45, 2.75) is 25.9 Å². The topological polar surface area (TPSA) is 67.6 Å². The van der Waals surface area contributed by atoms with Crippen molar-refractivity contribution in [3.05, 3.63) is 0 Å². The van der Waals surface area contributed by atoms with Gasteiger partial charge in [-0.25, -0.2) is 5.84 Å². The summed E-state index contributed by atoms with van der Waals surface area (Å²) in [6.45, 7) is 1.02. The normalized spacial score (nSPS) is 11.9. The van der Waals surface area contributed by atoms with Crippen LogP contribution in [0.5, 0.6) is 0 Å². The standard InChI is InChI=1S/C8H16F3N3O2/c1-2-4-14(6-8(9,10)11)5-3-7(15)16-13-12/h13H,2-6,12H2,1H3. The van der Waals surface area contributed by atoms with Gasteiger partial charge in [0.2, 0.25) is 0 Å². The molecule has 0 unspecified atom stereocenters. The average Bonchev–Trinajstić information content (AvgIpc) is 2.13. The van der Waals surface area contributed by atoms with E-state index in [1.807, 2.05) is 0 Å². The quantitative estimate of drug-likeness (QED) is 0.505. The van der Waals surface area contributed by atoms with Crippen molar-refractivity contribution >= 4 is 5.97 Å². The zero-order valence-electron chi connectivity index (χ0n) is 9.01. The maximum absolute atomic E-state index is 12.1. The first-order valence-corrected chi connectivity index (χ1v) is 4.83. The van der Waals surface area contributed by atoms with Gasteiger partial charge in [0.05, 0.1) is 13.0 Å². The van der Waals surface area contributed by atoms with Gasteiger partial charge in [-0.15, -0.1) is 0 Å². The number of rotatable bonds is 7. The predicted molar refractivity (Wildman–Crippen MR) is 50.8 cm³/mol. The maximum Gasteiger partial charge on any atom is 0.401 e. The monoisotopic (exact) mass is 243 g/mol. The van der Waals surface area contributed by atoms with E-state index in [4.69, 9.17) is 5.84 Å². The minimum Gasteiger partial charge on any atom is -0.356 e. The van der Waals surface area contributed by atoms with Crippen molar-refractivity contribution in [3.63, 3.8) is 0 Å². The number of carbonyl (C=O) groups excluding carboxylic acids is 1. The zero-order valence-corrected chi connectivity index (χ0v) is 9.01. The summed E-state index contributed by atoms with van der Waals surface area (Å²) in [6.07, 6.45) is -3.81. The van der Waals surface area contributed by atoms with Gasteiger partial charge in [0.1, 0.15) is 0 Å². The lowest BCUT2D eigenvalue weighted by atomic mass is 10.3. The van der Waals surface area contributed by atoms with Crippen molar-refractivity contribution in [3.8, 4) is 0 Å². The molecule has 0 aromatic rings. The molecular weight excluding hydrogens is 227 g/mol. The maximum atomic E-state index is 12.1. The number of hydrazine groups is 1. The van der Waals surface area contributed by atoms with Gasteiger partial charge in [0.25, 0.3) is 0 Å². The molecule has 96 valence electrons. The number of hydrogen-bond acceptors (Lipinski definition) is 5. The molecule has 0 spiro atoms. The smallest absolute Gasteiger partial charge is 0.356 e. The fourth-order valence-electron chi connectivity index (χ4n) is 1.21. The lowest BCUT2D eigenvalue weighted by Crippen LogP contribution is -2.37. The third-order valence-electron chi connectivity index (χ3n) is 1.75. The molecule has 0 amide bonds. The highest BCUT2D eigenvalue weighted by atomic mass is 19.4. The molecule has 16 heavy (non-hydrogen) atoms. The van der Waals surface area contributed by atoms with Crippen LogP contribution in [0.1, 0.15) is 19.8 Å². The minimum atomic E-state index is -4.26. The summed E-state index contributed by atoms with van der Waals surface area (Å²) in [5.41, 5.74) is 1.68. The number of nitrogens with zero attached hydrogens (tertiary/aromatic N) is 1. The van der Waals surface area contributed by atoms with Crippen LogP contribution in [-0.4, -0.2) is 36.7 Å². The van der Waals surface area contributed by atoms with E-state index in [1.165, 1.54) is 0 Å². The molecule has 0 fully saturated rings. The first-order valence-electron chi connectivity index (χ1n) is 4.83. The molecule has 0 aliphatic heterocycles. The molecule has 0 radical (unpaired) electrons. The predicted octanol–water partition coefficient (Wildman–Crippen LogP) is 0.572. The average molecular weight is 243 g/mol. The SMILES string of the molecule is CCCN(CCC(=O)ONN)CC(F)(F)F.